The first-order chi connectivity index (χ1) is 5.47. The van der Waals surface area contributed by atoms with Gasteiger partial charge in [-0.2, -0.15) is 0 Å². The molecule has 0 aromatic rings. The Hall–Kier alpha value is 0.177. The van der Waals surface area contributed by atoms with Crippen molar-refractivity contribution in [2.45, 2.75) is 64.3 Å². The molecule has 72 valence electrons. The topological polar surface area (TPSA) is 9.23 Å². The van der Waals surface area contributed by atoms with Crippen LogP contribution in [0.2, 0.25) is 19.1 Å². The summed E-state index contributed by atoms with van der Waals surface area (Å²) in [7, 11) is -1.26. The van der Waals surface area contributed by atoms with E-state index in [9.17, 15) is 0 Å². The number of hydrogen-bond acceptors (Lipinski definition) is 1. The lowest BCUT2D eigenvalue weighted by Crippen LogP contribution is -2.46. The summed E-state index contributed by atoms with van der Waals surface area (Å²) < 4.78 is 6.24. The van der Waals surface area contributed by atoms with Gasteiger partial charge in [0.1, 0.15) is 0 Å². The summed E-state index contributed by atoms with van der Waals surface area (Å²) in [5.74, 6) is 0. The molecule has 0 radical (unpaired) electrons. The van der Waals surface area contributed by atoms with E-state index in [0.29, 0.717) is 0 Å². The fourth-order valence-electron chi connectivity index (χ4n) is 2.36. The van der Waals surface area contributed by atoms with E-state index in [-0.39, 0.29) is 5.60 Å². The van der Waals surface area contributed by atoms with Crippen LogP contribution in [0, 0.1) is 0 Å². The quantitative estimate of drug-likeness (QED) is 0.599. The highest BCUT2D eigenvalue weighted by Gasteiger charge is 2.37. The molecule has 0 aromatic carbocycles. The second-order valence-electron chi connectivity index (χ2n) is 4.92. The molecule has 0 aromatic heterocycles. The third kappa shape index (κ3) is 2.59. The molecule has 1 atom stereocenters. The molecular weight excluding hydrogens is 164 g/mol. The average Bonchev–Trinajstić information content (AvgIpc) is 1.83. The third-order valence-corrected chi connectivity index (χ3v) is 5.39. The first-order valence-electron chi connectivity index (χ1n) is 5.18. The standard InChI is InChI=1S/C10H22OSi/c1-5-7-10(2)8-6-9-12(3,4)11-10/h5-9H2,1-4H3. The molecule has 0 amide bonds. The van der Waals surface area contributed by atoms with Crippen molar-refractivity contribution in [2.24, 2.45) is 0 Å². The van der Waals surface area contributed by atoms with Crippen molar-refractivity contribution in [3.8, 4) is 0 Å². The molecular formula is C10H22OSi. The van der Waals surface area contributed by atoms with E-state index in [4.69, 9.17) is 4.43 Å². The van der Waals surface area contributed by atoms with Gasteiger partial charge in [-0.05, 0) is 38.9 Å². The normalized spacial score (nSPS) is 35.0. The van der Waals surface area contributed by atoms with Crippen LogP contribution in [0.5, 0.6) is 0 Å². The summed E-state index contributed by atoms with van der Waals surface area (Å²) in [6.45, 7) is 9.24. The van der Waals surface area contributed by atoms with E-state index in [2.05, 4.69) is 26.9 Å². The van der Waals surface area contributed by atoms with Crippen molar-refractivity contribution in [1.29, 1.82) is 0 Å². The van der Waals surface area contributed by atoms with E-state index < -0.39 is 8.32 Å². The van der Waals surface area contributed by atoms with Gasteiger partial charge in [0.05, 0.1) is 5.60 Å². The first-order valence-corrected chi connectivity index (χ1v) is 8.29. The molecule has 12 heavy (non-hydrogen) atoms. The van der Waals surface area contributed by atoms with Gasteiger partial charge in [0.15, 0.2) is 8.32 Å². The monoisotopic (exact) mass is 186 g/mol. The first kappa shape index (κ1) is 10.3. The Labute approximate surface area is 77.6 Å². The fourth-order valence-corrected chi connectivity index (χ4v) is 5.03. The van der Waals surface area contributed by atoms with Gasteiger partial charge in [0, 0.05) is 0 Å². The van der Waals surface area contributed by atoms with Gasteiger partial charge in [0.25, 0.3) is 0 Å². The maximum Gasteiger partial charge on any atom is 0.187 e. The average molecular weight is 186 g/mol. The predicted molar refractivity (Wildman–Crippen MR) is 55.9 cm³/mol. The van der Waals surface area contributed by atoms with Crippen LogP contribution in [0.1, 0.15) is 39.5 Å². The SMILES string of the molecule is CCCC1(C)CCC[Si](C)(C)O1. The lowest BCUT2D eigenvalue weighted by Gasteiger charge is -2.42. The predicted octanol–water partition coefficient (Wildman–Crippen LogP) is 3.56. The molecule has 0 aliphatic carbocycles. The molecule has 0 N–H and O–H groups in total. The van der Waals surface area contributed by atoms with Crippen LogP contribution in [-0.4, -0.2) is 13.9 Å². The molecule has 1 saturated heterocycles. The third-order valence-electron chi connectivity index (χ3n) is 2.79. The van der Waals surface area contributed by atoms with Crippen molar-refractivity contribution in [2.75, 3.05) is 0 Å². The Balaban J connectivity index is 2.55. The Kier molecular flexibility index (Phi) is 3.00. The summed E-state index contributed by atoms with van der Waals surface area (Å²) >= 11 is 0. The molecule has 0 spiro atoms. The van der Waals surface area contributed by atoms with Crippen LogP contribution < -0.4 is 0 Å². The fraction of sp³-hybridized carbons (Fsp3) is 1.00. The van der Waals surface area contributed by atoms with Crippen molar-refractivity contribution < 1.29 is 4.43 Å². The smallest absolute Gasteiger partial charge is 0.187 e. The molecule has 0 bridgehead atoms. The van der Waals surface area contributed by atoms with Gasteiger partial charge >= 0.3 is 0 Å². The van der Waals surface area contributed by atoms with Gasteiger partial charge in [-0.25, -0.2) is 0 Å². The van der Waals surface area contributed by atoms with Gasteiger partial charge < -0.3 is 4.43 Å². The van der Waals surface area contributed by atoms with Crippen molar-refractivity contribution in [3.63, 3.8) is 0 Å². The van der Waals surface area contributed by atoms with Crippen LogP contribution in [-0.2, 0) is 4.43 Å². The van der Waals surface area contributed by atoms with Gasteiger partial charge in [-0.15, -0.1) is 0 Å². The lowest BCUT2D eigenvalue weighted by molar-refractivity contribution is 0.0438. The van der Waals surface area contributed by atoms with E-state index >= 15 is 0 Å². The minimum absolute atomic E-state index is 0.225. The molecule has 1 unspecified atom stereocenters. The molecule has 1 rings (SSSR count). The zero-order valence-electron chi connectivity index (χ0n) is 8.94. The van der Waals surface area contributed by atoms with Gasteiger partial charge in [-0.1, -0.05) is 19.8 Å². The largest absolute Gasteiger partial charge is 0.412 e. The summed E-state index contributed by atoms with van der Waals surface area (Å²) in [6.07, 6.45) is 5.15. The van der Waals surface area contributed by atoms with Crippen molar-refractivity contribution >= 4 is 8.32 Å². The maximum absolute atomic E-state index is 6.24. The zero-order valence-corrected chi connectivity index (χ0v) is 9.94. The van der Waals surface area contributed by atoms with Crippen LogP contribution in [0.15, 0.2) is 0 Å². The summed E-state index contributed by atoms with van der Waals surface area (Å²) in [5.41, 5.74) is 0.225. The molecule has 2 heteroatoms. The van der Waals surface area contributed by atoms with Crippen LogP contribution in [0.4, 0.5) is 0 Å². The van der Waals surface area contributed by atoms with Crippen LogP contribution in [0.3, 0.4) is 0 Å². The van der Waals surface area contributed by atoms with Crippen molar-refractivity contribution in [1.82, 2.24) is 0 Å². The second-order valence-corrected chi connectivity index (χ2v) is 9.14. The van der Waals surface area contributed by atoms with Gasteiger partial charge in [-0.3, -0.25) is 0 Å². The summed E-state index contributed by atoms with van der Waals surface area (Å²) in [4.78, 5) is 0. The number of rotatable bonds is 2. The molecule has 1 aliphatic heterocycles. The van der Waals surface area contributed by atoms with Crippen LogP contribution in [0.25, 0.3) is 0 Å². The van der Waals surface area contributed by atoms with E-state index in [1.807, 2.05) is 0 Å². The lowest BCUT2D eigenvalue weighted by atomic mass is 9.95. The highest BCUT2D eigenvalue weighted by molar-refractivity contribution is 6.71. The maximum atomic E-state index is 6.24. The van der Waals surface area contributed by atoms with Gasteiger partial charge in [0.2, 0.25) is 0 Å². The molecule has 1 fully saturated rings. The Morgan fingerprint density at radius 1 is 1.42 bits per heavy atom. The molecule has 1 aliphatic rings. The second kappa shape index (κ2) is 3.50. The minimum Gasteiger partial charge on any atom is -0.412 e. The number of hydrogen-bond donors (Lipinski definition) is 0. The zero-order chi connectivity index (χ0) is 9.24. The molecule has 1 nitrogen and oxygen atoms in total. The highest BCUT2D eigenvalue weighted by Crippen LogP contribution is 2.35. The molecule has 1 heterocycles. The highest BCUT2D eigenvalue weighted by atomic mass is 28.4. The Morgan fingerprint density at radius 3 is 2.58 bits per heavy atom. The van der Waals surface area contributed by atoms with E-state index in [1.54, 1.807) is 0 Å². The molecule has 0 saturated carbocycles. The Morgan fingerprint density at radius 2 is 2.08 bits per heavy atom. The summed E-state index contributed by atoms with van der Waals surface area (Å²) in [6, 6.07) is 1.35. The van der Waals surface area contributed by atoms with E-state index in [0.717, 1.165) is 0 Å². The summed E-state index contributed by atoms with van der Waals surface area (Å²) in [5, 5.41) is 0. The van der Waals surface area contributed by atoms with Crippen molar-refractivity contribution in [3.05, 3.63) is 0 Å². The van der Waals surface area contributed by atoms with Crippen LogP contribution >= 0.6 is 0 Å². The minimum atomic E-state index is -1.26. The van der Waals surface area contributed by atoms with E-state index in [1.165, 1.54) is 31.7 Å². The Bertz CT molecular complexity index is 152.